The first-order valence-corrected chi connectivity index (χ1v) is 7.84. The SMILES string of the molecule is c1ccc(-c2csc(CNCCCc3ncn[nH]3)n2)cc1. The van der Waals surface area contributed by atoms with E-state index in [4.69, 9.17) is 0 Å². The Bertz CT molecular complexity index is 648. The van der Waals surface area contributed by atoms with Crippen LogP contribution in [0, 0.1) is 0 Å². The summed E-state index contributed by atoms with van der Waals surface area (Å²) in [6.45, 7) is 1.76. The van der Waals surface area contributed by atoms with E-state index < -0.39 is 0 Å². The van der Waals surface area contributed by atoms with Gasteiger partial charge in [-0.15, -0.1) is 11.3 Å². The summed E-state index contributed by atoms with van der Waals surface area (Å²) in [4.78, 5) is 8.76. The molecule has 0 radical (unpaired) electrons. The molecule has 0 atom stereocenters. The minimum Gasteiger partial charge on any atom is -0.310 e. The number of benzene rings is 1. The van der Waals surface area contributed by atoms with E-state index >= 15 is 0 Å². The van der Waals surface area contributed by atoms with Crippen molar-refractivity contribution in [2.24, 2.45) is 0 Å². The molecule has 0 saturated heterocycles. The van der Waals surface area contributed by atoms with Crippen molar-refractivity contribution < 1.29 is 0 Å². The summed E-state index contributed by atoms with van der Waals surface area (Å²) in [6, 6.07) is 10.3. The van der Waals surface area contributed by atoms with Gasteiger partial charge < -0.3 is 5.32 Å². The Morgan fingerprint density at radius 2 is 2.10 bits per heavy atom. The number of thiazole rings is 1. The third-order valence-electron chi connectivity index (χ3n) is 3.13. The number of hydrogen-bond donors (Lipinski definition) is 2. The zero-order valence-electron chi connectivity index (χ0n) is 11.6. The molecular formula is C15H17N5S. The highest BCUT2D eigenvalue weighted by molar-refractivity contribution is 7.09. The second-order valence-electron chi connectivity index (χ2n) is 4.71. The Morgan fingerprint density at radius 1 is 1.19 bits per heavy atom. The van der Waals surface area contributed by atoms with Gasteiger partial charge in [0, 0.05) is 23.9 Å². The van der Waals surface area contributed by atoms with E-state index in [0.29, 0.717) is 0 Å². The van der Waals surface area contributed by atoms with Gasteiger partial charge in [0.1, 0.15) is 17.2 Å². The molecule has 0 aliphatic heterocycles. The van der Waals surface area contributed by atoms with Crippen LogP contribution in [0.4, 0.5) is 0 Å². The number of rotatable bonds is 7. The first kappa shape index (κ1) is 13.9. The number of hydrogen-bond acceptors (Lipinski definition) is 5. The molecule has 3 rings (SSSR count). The third kappa shape index (κ3) is 3.96. The highest BCUT2D eigenvalue weighted by Gasteiger charge is 2.03. The van der Waals surface area contributed by atoms with Crippen molar-refractivity contribution in [1.82, 2.24) is 25.5 Å². The standard InChI is InChI=1S/C15H17N5S/c1-2-5-12(6-3-1)13-10-21-15(19-13)9-16-8-4-7-14-17-11-18-20-14/h1-3,5-6,10-11,16H,4,7-9H2,(H,17,18,20). The Labute approximate surface area is 127 Å². The van der Waals surface area contributed by atoms with E-state index in [1.54, 1.807) is 17.7 Å². The predicted molar refractivity (Wildman–Crippen MR) is 84.0 cm³/mol. The average molecular weight is 299 g/mol. The summed E-state index contributed by atoms with van der Waals surface area (Å²) in [6.07, 6.45) is 3.50. The van der Waals surface area contributed by atoms with Crippen molar-refractivity contribution in [3.8, 4) is 11.3 Å². The van der Waals surface area contributed by atoms with Gasteiger partial charge in [-0.3, -0.25) is 5.10 Å². The van der Waals surface area contributed by atoms with E-state index in [1.807, 2.05) is 18.2 Å². The second-order valence-corrected chi connectivity index (χ2v) is 5.65. The van der Waals surface area contributed by atoms with E-state index in [1.165, 1.54) is 5.56 Å². The summed E-state index contributed by atoms with van der Waals surface area (Å²) >= 11 is 1.70. The number of nitrogens with zero attached hydrogens (tertiary/aromatic N) is 3. The van der Waals surface area contributed by atoms with E-state index in [2.05, 4.69) is 43.0 Å². The van der Waals surface area contributed by atoms with Crippen LogP contribution in [-0.4, -0.2) is 26.7 Å². The smallest absolute Gasteiger partial charge is 0.137 e. The van der Waals surface area contributed by atoms with Crippen molar-refractivity contribution in [1.29, 1.82) is 0 Å². The fraction of sp³-hybridized carbons (Fsp3) is 0.267. The van der Waals surface area contributed by atoms with Gasteiger partial charge in [0.2, 0.25) is 0 Å². The van der Waals surface area contributed by atoms with Crippen LogP contribution < -0.4 is 5.32 Å². The maximum Gasteiger partial charge on any atom is 0.137 e. The molecule has 0 bridgehead atoms. The summed E-state index contributed by atoms with van der Waals surface area (Å²) in [5.74, 6) is 0.942. The van der Waals surface area contributed by atoms with Crippen molar-refractivity contribution in [3.05, 3.63) is 52.9 Å². The maximum atomic E-state index is 4.66. The number of aromatic nitrogens is 4. The minimum absolute atomic E-state index is 0.813. The molecule has 0 aliphatic carbocycles. The highest BCUT2D eigenvalue weighted by atomic mass is 32.1. The van der Waals surface area contributed by atoms with E-state index in [9.17, 15) is 0 Å². The number of aryl methyl sites for hydroxylation is 1. The molecule has 0 fully saturated rings. The molecule has 108 valence electrons. The fourth-order valence-electron chi connectivity index (χ4n) is 2.06. The quantitative estimate of drug-likeness (QED) is 0.658. The van der Waals surface area contributed by atoms with Gasteiger partial charge in [-0.05, 0) is 13.0 Å². The van der Waals surface area contributed by atoms with Crippen LogP contribution in [0.25, 0.3) is 11.3 Å². The Kier molecular flexibility index (Phi) is 4.70. The third-order valence-corrected chi connectivity index (χ3v) is 3.98. The molecule has 0 aliphatic rings. The number of H-pyrrole nitrogens is 1. The van der Waals surface area contributed by atoms with Gasteiger partial charge in [-0.2, -0.15) is 5.10 Å². The average Bonchev–Trinajstić information content (AvgIpc) is 3.19. The molecule has 0 saturated carbocycles. The van der Waals surface area contributed by atoms with Gasteiger partial charge in [-0.1, -0.05) is 30.3 Å². The van der Waals surface area contributed by atoms with Gasteiger partial charge in [-0.25, -0.2) is 9.97 Å². The molecule has 0 unspecified atom stereocenters. The molecule has 5 nitrogen and oxygen atoms in total. The van der Waals surface area contributed by atoms with Crippen LogP contribution in [0.2, 0.25) is 0 Å². The Morgan fingerprint density at radius 3 is 2.90 bits per heavy atom. The van der Waals surface area contributed by atoms with Crippen LogP contribution in [0.5, 0.6) is 0 Å². The van der Waals surface area contributed by atoms with Crippen LogP contribution in [0.15, 0.2) is 42.0 Å². The summed E-state index contributed by atoms with van der Waals surface area (Å²) < 4.78 is 0. The maximum absolute atomic E-state index is 4.66. The Balaban J connectivity index is 1.43. The molecule has 0 spiro atoms. The molecule has 2 N–H and O–H groups in total. The first-order valence-electron chi connectivity index (χ1n) is 6.96. The lowest BCUT2D eigenvalue weighted by atomic mass is 10.2. The first-order chi connectivity index (χ1) is 10.4. The molecular weight excluding hydrogens is 282 g/mol. The highest BCUT2D eigenvalue weighted by Crippen LogP contribution is 2.21. The van der Waals surface area contributed by atoms with Gasteiger partial charge in [0.25, 0.3) is 0 Å². The summed E-state index contributed by atoms with van der Waals surface area (Å²) in [7, 11) is 0. The van der Waals surface area contributed by atoms with Crippen molar-refractivity contribution in [2.45, 2.75) is 19.4 Å². The molecule has 1 aromatic carbocycles. The lowest BCUT2D eigenvalue weighted by molar-refractivity contribution is 0.638. The van der Waals surface area contributed by atoms with Crippen LogP contribution >= 0.6 is 11.3 Å². The molecule has 3 aromatic rings. The van der Waals surface area contributed by atoms with Crippen LogP contribution in [-0.2, 0) is 13.0 Å². The van der Waals surface area contributed by atoms with Gasteiger partial charge in [0.05, 0.1) is 5.69 Å². The van der Waals surface area contributed by atoms with Crippen molar-refractivity contribution >= 4 is 11.3 Å². The summed E-state index contributed by atoms with van der Waals surface area (Å²) in [5.41, 5.74) is 2.23. The van der Waals surface area contributed by atoms with Crippen LogP contribution in [0.3, 0.4) is 0 Å². The number of nitrogens with one attached hydrogen (secondary N) is 2. The zero-order chi connectivity index (χ0) is 14.3. The second kappa shape index (κ2) is 7.10. The molecule has 2 heterocycles. The predicted octanol–water partition coefficient (Wildman–Crippen LogP) is 2.65. The van der Waals surface area contributed by atoms with Crippen molar-refractivity contribution in [2.75, 3.05) is 6.54 Å². The lowest BCUT2D eigenvalue weighted by Gasteiger charge is -2.01. The normalized spacial score (nSPS) is 10.9. The van der Waals surface area contributed by atoms with Crippen molar-refractivity contribution in [3.63, 3.8) is 0 Å². The molecule has 2 aromatic heterocycles. The molecule has 6 heteroatoms. The Hall–Kier alpha value is -2.05. The fourth-order valence-corrected chi connectivity index (χ4v) is 2.83. The van der Waals surface area contributed by atoms with Gasteiger partial charge in [0.15, 0.2) is 0 Å². The summed E-state index contributed by atoms with van der Waals surface area (Å²) in [5, 5.41) is 13.3. The van der Waals surface area contributed by atoms with E-state index in [-0.39, 0.29) is 0 Å². The largest absolute Gasteiger partial charge is 0.310 e. The zero-order valence-corrected chi connectivity index (χ0v) is 12.4. The lowest BCUT2D eigenvalue weighted by Crippen LogP contribution is -2.15. The number of aromatic amines is 1. The topological polar surface area (TPSA) is 66.5 Å². The van der Waals surface area contributed by atoms with Gasteiger partial charge >= 0.3 is 0 Å². The minimum atomic E-state index is 0.813. The molecule has 0 amide bonds. The monoisotopic (exact) mass is 299 g/mol. The molecule has 21 heavy (non-hydrogen) atoms. The van der Waals surface area contributed by atoms with E-state index in [0.717, 1.165) is 42.5 Å². The van der Waals surface area contributed by atoms with Crippen LogP contribution in [0.1, 0.15) is 17.3 Å².